The molecule has 0 fully saturated rings. The van der Waals surface area contributed by atoms with E-state index in [4.69, 9.17) is 4.52 Å². The highest BCUT2D eigenvalue weighted by atomic mass is 127. The van der Waals surface area contributed by atoms with Crippen LogP contribution in [0.2, 0.25) is 0 Å². The fourth-order valence-electron chi connectivity index (χ4n) is 1.95. The number of nitrogens with zero attached hydrogens (tertiary/aromatic N) is 2. The molecule has 0 aliphatic rings. The molecule has 0 saturated heterocycles. The number of benzene rings is 2. The van der Waals surface area contributed by atoms with Crippen LogP contribution in [-0.4, -0.2) is 21.8 Å². The average Bonchev–Trinajstić information content (AvgIpc) is 3.05. The largest absolute Gasteiger partial charge is 0.327 e. The van der Waals surface area contributed by atoms with Crippen LogP contribution in [0.5, 0.6) is 0 Å². The Bertz CT molecular complexity index is 832. The Labute approximate surface area is 157 Å². The molecule has 3 aromatic rings. The molecule has 0 radical (unpaired) electrons. The lowest BCUT2D eigenvalue weighted by molar-refractivity contribution is -0.113. The monoisotopic (exact) mass is 451 g/mol. The van der Waals surface area contributed by atoms with Gasteiger partial charge in [0.15, 0.2) is 0 Å². The van der Waals surface area contributed by atoms with Gasteiger partial charge >= 0.3 is 0 Å². The van der Waals surface area contributed by atoms with E-state index in [9.17, 15) is 4.79 Å². The highest BCUT2D eigenvalue weighted by Crippen LogP contribution is 2.22. The van der Waals surface area contributed by atoms with Crippen molar-refractivity contribution >= 4 is 45.9 Å². The molecule has 0 spiro atoms. The van der Waals surface area contributed by atoms with E-state index < -0.39 is 0 Å². The van der Waals surface area contributed by atoms with Gasteiger partial charge < -0.3 is 9.84 Å². The number of hydrogen-bond acceptors (Lipinski definition) is 5. The van der Waals surface area contributed by atoms with Crippen molar-refractivity contribution in [3.63, 3.8) is 0 Å². The van der Waals surface area contributed by atoms with Crippen molar-refractivity contribution < 1.29 is 9.32 Å². The lowest BCUT2D eigenvalue weighted by Crippen LogP contribution is -2.13. The van der Waals surface area contributed by atoms with Gasteiger partial charge in [0, 0.05) is 14.8 Å². The maximum Gasteiger partial charge on any atom is 0.286 e. The molecule has 5 nitrogen and oxygen atoms in total. The maximum absolute atomic E-state index is 12.0. The Morgan fingerprint density at radius 2 is 1.88 bits per heavy atom. The molecule has 0 atom stereocenters. The molecule has 1 heterocycles. The first-order valence-corrected chi connectivity index (χ1v) is 9.25. The van der Waals surface area contributed by atoms with Crippen molar-refractivity contribution in [2.75, 3.05) is 11.1 Å². The molecule has 7 heteroatoms. The van der Waals surface area contributed by atoms with Gasteiger partial charge in [-0.3, -0.25) is 4.79 Å². The fraction of sp³-hybridized carbons (Fsp3) is 0.118. The number of nitrogens with one attached hydrogen (secondary N) is 1. The van der Waals surface area contributed by atoms with Gasteiger partial charge in [0.1, 0.15) is 0 Å². The average molecular weight is 451 g/mol. The first kappa shape index (κ1) is 17.0. The zero-order valence-corrected chi connectivity index (χ0v) is 15.8. The van der Waals surface area contributed by atoms with Crippen molar-refractivity contribution in [2.24, 2.45) is 0 Å². The van der Waals surface area contributed by atoms with Crippen LogP contribution in [0.25, 0.3) is 11.4 Å². The second-order valence-corrected chi connectivity index (χ2v) is 7.27. The van der Waals surface area contributed by atoms with E-state index in [-0.39, 0.29) is 11.7 Å². The maximum atomic E-state index is 12.0. The van der Waals surface area contributed by atoms with Gasteiger partial charge in [0.05, 0.1) is 5.75 Å². The van der Waals surface area contributed by atoms with Crippen LogP contribution in [0.3, 0.4) is 0 Å². The fourth-order valence-corrected chi connectivity index (χ4v) is 2.87. The van der Waals surface area contributed by atoms with Crippen LogP contribution < -0.4 is 5.32 Å². The predicted molar refractivity (Wildman–Crippen MR) is 103 cm³/mol. The van der Waals surface area contributed by atoms with E-state index in [1.54, 1.807) is 0 Å². The smallest absolute Gasteiger partial charge is 0.286 e. The minimum atomic E-state index is -0.115. The van der Waals surface area contributed by atoms with Crippen molar-refractivity contribution in [3.05, 3.63) is 57.7 Å². The second kappa shape index (κ2) is 7.80. The third kappa shape index (κ3) is 4.57. The van der Waals surface area contributed by atoms with Crippen LogP contribution in [0.4, 0.5) is 5.69 Å². The Kier molecular flexibility index (Phi) is 5.52. The van der Waals surface area contributed by atoms with Gasteiger partial charge in [0.2, 0.25) is 11.7 Å². The number of aryl methyl sites for hydroxylation is 1. The molecule has 1 amide bonds. The first-order valence-electron chi connectivity index (χ1n) is 7.19. The van der Waals surface area contributed by atoms with Gasteiger partial charge in [0.25, 0.3) is 5.22 Å². The first-order chi connectivity index (χ1) is 11.6. The van der Waals surface area contributed by atoms with Crippen LogP contribution in [0.1, 0.15) is 5.56 Å². The third-order valence-electron chi connectivity index (χ3n) is 3.17. The van der Waals surface area contributed by atoms with Crippen molar-refractivity contribution in [1.29, 1.82) is 0 Å². The van der Waals surface area contributed by atoms with Gasteiger partial charge in [-0.05, 0) is 53.8 Å². The molecule has 0 bridgehead atoms. The second-order valence-electron chi connectivity index (χ2n) is 5.09. The number of halogens is 1. The molecular weight excluding hydrogens is 437 g/mol. The Morgan fingerprint density at radius 3 is 2.58 bits per heavy atom. The summed E-state index contributed by atoms with van der Waals surface area (Å²) in [4.78, 5) is 16.3. The summed E-state index contributed by atoms with van der Waals surface area (Å²) in [6.45, 7) is 2.02. The summed E-state index contributed by atoms with van der Waals surface area (Å²) >= 11 is 3.43. The number of amides is 1. The van der Waals surface area contributed by atoms with E-state index in [1.165, 1.54) is 17.3 Å². The number of thioether (sulfide) groups is 1. The van der Waals surface area contributed by atoms with E-state index in [0.717, 1.165) is 14.8 Å². The lowest BCUT2D eigenvalue weighted by atomic mass is 10.1. The number of hydrogen-bond donors (Lipinski definition) is 1. The SMILES string of the molecule is Cc1ccc(-c2noc(SCC(=O)Nc3ccc(I)cc3)n2)cc1. The van der Waals surface area contributed by atoms with E-state index in [0.29, 0.717) is 11.0 Å². The van der Waals surface area contributed by atoms with Gasteiger partial charge in [-0.1, -0.05) is 46.7 Å². The summed E-state index contributed by atoms with van der Waals surface area (Å²) in [6, 6.07) is 15.5. The molecule has 1 aromatic heterocycles. The quantitative estimate of drug-likeness (QED) is 0.461. The molecule has 0 saturated carbocycles. The molecule has 1 N–H and O–H groups in total. The number of rotatable bonds is 5. The summed E-state index contributed by atoms with van der Waals surface area (Å²) in [6.07, 6.45) is 0. The third-order valence-corrected chi connectivity index (χ3v) is 4.71. The molecule has 2 aromatic carbocycles. The predicted octanol–water partition coefficient (Wildman–Crippen LogP) is 4.38. The molecule has 24 heavy (non-hydrogen) atoms. The summed E-state index contributed by atoms with van der Waals surface area (Å²) in [5.74, 6) is 0.619. The van der Waals surface area contributed by atoms with E-state index in [1.807, 2.05) is 55.5 Å². The molecule has 122 valence electrons. The van der Waals surface area contributed by atoms with Crippen molar-refractivity contribution in [2.45, 2.75) is 12.1 Å². The van der Waals surface area contributed by atoms with Crippen LogP contribution in [-0.2, 0) is 4.79 Å². The van der Waals surface area contributed by atoms with Crippen molar-refractivity contribution in [3.8, 4) is 11.4 Å². The molecule has 0 aliphatic heterocycles. The molecule has 0 aliphatic carbocycles. The minimum Gasteiger partial charge on any atom is -0.327 e. The summed E-state index contributed by atoms with van der Waals surface area (Å²) < 4.78 is 6.31. The number of carbonyl (C=O) groups excluding carboxylic acids is 1. The zero-order valence-electron chi connectivity index (χ0n) is 12.8. The Balaban J connectivity index is 1.56. The zero-order chi connectivity index (χ0) is 16.9. The standard InChI is InChI=1S/C17H14IN3O2S/c1-11-2-4-12(5-3-11)16-20-17(23-21-16)24-10-15(22)19-14-8-6-13(18)7-9-14/h2-9H,10H2,1H3,(H,19,22). The summed E-state index contributed by atoms with van der Waals surface area (Å²) in [7, 11) is 0. The lowest BCUT2D eigenvalue weighted by Gasteiger charge is -2.03. The van der Waals surface area contributed by atoms with Crippen molar-refractivity contribution in [1.82, 2.24) is 10.1 Å². The van der Waals surface area contributed by atoms with Crippen LogP contribution in [0.15, 0.2) is 58.3 Å². The Morgan fingerprint density at radius 1 is 1.17 bits per heavy atom. The molecule has 3 rings (SSSR count). The normalized spacial score (nSPS) is 10.6. The van der Waals surface area contributed by atoms with Gasteiger partial charge in [-0.15, -0.1) is 0 Å². The van der Waals surface area contributed by atoms with E-state index in [2.05, 4.69) is 38.0 Å². The molecular formula is C17H14IN3O2S. The highest BCUT2D eigenvalue weighted by Gasteiger charge is 2.11. The number of carbonyl (C=O) groups is 1. The minimum absolute atomic E-state index is 0.115. The highest BCUT2D eigenvalue weighted by molar-refractivity contribution is 14.1. The van der Waals surface area contributed by atoms with Gasteiger partial charge in [-0.25, -0.2) is 0 Å². The Hall–Kier alpha value is -1.87. The number of anilines is 1. The van der Waals surface area contributed by atoms with Gasteiger partial charge in [-0.2, -0.15) is 4.98 Å². The summed E-state index contributed by atoms with van der Waals surface area (Å²) in [5.41, 5.74) is 2.83. The van der Waals surface area contributed by atoms with E-state index >= 15 is 0 Å². The molecule has 0 unspecified atom stereocenters. The topological polar surface area (TPSA) is 68.0 Å². The number of aromatic nitrogens is 2. The summed E-state index contributed by atoms with van der Waals surface area (Å²) in [5, 5.41) is 7.16. The van der Waals surface area contributed by atoms with Crippen LogP contribution >= 0.6 is 34.4 Å². The van der Waals surface area contributed by atoms with Crippen LogP contribution in [0, 0.1) is 10.5 Å².